The molecule has 0 amide bonds. The predicted octanol–water partition coefficient (Wildman–Crippen LogP) is 4.88. The van der Waals surface area contributed by atoms with Gasteiger partial charge in [-0.05, 0) is 40.2 Å². The molecule has 1 heterocycles. The van der Waals surface area contributed by atoms with E-state index in [-0.39, 0.29) is 11.4 Å². The lowest BCUT2D eigenvalue weighted by molar-refractivity contribution is -0.393. The zero-order chi connectivity index (χ0) is 21.8. The Balaban J connectivity index is 1.78. The van der Waals surface area contributed by atoms with Crippen molar-refractivity contribution in [3.05, 3.63) is 89.1 Å². The fourth-order valence-corrected chi connectivity index (χ4v) is 2.99. The summed E-state index contributed by atoms with van der Waals surface area (Å²) >= 11 is 3.26. The third-order valence-corrected chi connectivity index (χ3v) is 4.48. The fourth-order valence-electron chi connectivity index (χ4n) is 2.43. The van der Waals surface area contributed by atoms with Crippen molar-refractivity contribution in [2.75, 3.05) is 5.43 Å². The summed E-state index contributed by atoms with van der Waals surface area (Å²) in [4.78, 5) is 30.7. The number of halogens is 1. The second-order valence-electron chi connectivity index (χ2n) is 5.71. The second-order valence-corrected chi connectivity index (χ2v) is 6.56. The standard InChI is InChI=1S/C17H10BrN5O7/c18-14-7-10(21(24)25)1-4-13(14)17-6-3-12(30-17)9-19-20-15-5-2-11(22(26)27)8-16(15)23(28)29/h1-9,20H/b19-9-. The summed E-state index contributed by atoms with van der Waals surface area (Å²) in [5, 5.41) is 36.6. The molecule has 3 aromatic rings. The summed E-state index contributed by atoms with van der Waals surface area (Å²) < 4.78 is 6.07. The summed E-state index contributed by atoms with van der Waals surface area (Å²) in [5.74, 6) is 0.715. The Morgan fingerprint density at radius 2 is 1.57 bits per heavy atom. The third kappa shape index (κ3) is 4.47. The van der Waals surface area contributed by atoms with E-state index in [9.17, 15) is 30.3 Å². The molecule has 1 aromatic heterocycles. The van der Waals surface area contributed by atoms with E-state index in [1.165, 1.54) is 30.5 Å². The van der Waals surface area contributed by atoms with Crippen LogP contribution in [0.3, 0.4) is 0 Å². The number of nitro groups is 3. The van der Waals surface area contributed by atoms with Crippen molar-refractivity contribution in [2.45, 2.75) is 0 Å². The van der Waals surface area contributed by atoms with Crippen molar-refractivity contribution in [3.8, 4) is 11.3 Å². The zero-order valence-corrected chi connectivity index (χ0v) is 16.3. The number of hydrogen-bond acceptors (Lipinski definition) is 9. The van der Waals surface area contributed by atoms with Crippen molar-refractivity contribution in [1.82, 2.24) is 0 Å². The van der Waals surface area contributed by atoms with Gasteiger partial charge in [-0.25, -0.2) is 0 Å². The minimum absolute atomic E-state index is 0.0354. The van der Waals surface area contributed by atoms with E-state index in [0.717, 1.165) is 12.1 Å². The first kappa shape index (κ1) is 20.6. The molecule has 0 bridgehead atoms. The molecule has 2 aromatic carbocycles. The van der Waals surface area contributed by atoms with Gasteiger partial charge in [-0.3, -0.25) is 35.8 Å². The average molecular weight is 476 g/mol. The number of rotatable bonds is 7. The van der Waals surface area contributed by atoms with Crippen LogP contribution in [0.25, 0.3) is 11.3 Å². The first-order valence-corrected chi connectivity index (χ1v) is 8.81. The third-order valence-electron chi connectivity index (χ3n) is 3.82. The topological polar surface area (TPSA) is 167 Å². The molecular weight excluding hydrogens is 466 g/mol. The van der Waals surface area contributed by atoms with Crippen LogP contribution in [0, 0.1) is 30.3 Å². The van der Waals surface area contributed by atoms with Crippen LogP contribution >= 0.6 is 15.9 Å². The van der Waals surface area contributed by atoms with Gasteiger partial charge in [-0.1, -0.05) is 0 Å². The number of furan rings is 1. The van der Waals surface area contributed by atoms with E-state index in [1.807, 2.05) is 0 Å². The Labute approximate surface area is 175 Å². The van der Waals surface area contributed by atoms with Crippen molar-refractivity contribution < 1.29 is 19.2 Å². The first-order chi connectivity index (χ1) is 14.3. The van der Waals surface area contributed by atoms with E-state index in [4.69, 9.17) is 4.42 Å². The van der Waals surface area contributed by atoms with E-state index in [0.29, 0.717) is 21.6 Å². The normalized spacial score (nSPS) is 10.8. The number of nitro benzene ring substituents is 3. The van der Waals surface area contributed by atoms with E-state index in [2.05, 4.69) is 26.5 Å². The van der Waals surface area contributed by atoms with Gasteiger partial charge in [-0.2, -0.15) is 5.10 Å². The maximum atomic E-state index is 11.1. The van der Waals surface area contributed by atoms with Gasteiger partial charge in [-0.15, -0.1) is 0 Å². The highest BCUT2D eigenvalue weighted by molar-refractivity contribution is 9.10. The molecule has 0 atom stereocenters. The lowest BCUT2D eigenvalue weighted by Crippen LogP contribution is -1.98. The van der Waals surface area contributed by atoms with Gasteiger partial charge in [0.25, 0.3) is 11.4 Å². The minimum Gasteiger partial charge on any atom is -0.455 e. The van der Waals surface area contributed by atoms with Crippen LogP contribution in [0.5, 0.6) is 0 Å². The molecule has 0 saturated carbocycles. The summed E-state index contributed by atoms with van der Waals surface area (Å²) in [6.07, 6.45) is 1.26. The summed E-state index contributed by atoms with van der Waals surface area (Å²) in [5.41, 5.74) is 2.00. The molecule has 0 aliphatic rings. The molecule has 1 N–H and O–H groups in total. The Morgan fingerprint density at radius 3 is 2.20 bits per heavy atom. The lowest BCUT2D eigenvalue weighted by Gasteiger charge is -2.02. The second kappa shape index (κ2) is 8.48. The minimum atomic E-state index is -0.762. The van der Waals surface area contributed by atoms with E-state index in [1.54, 1.807) is 12.1 Å². The highest BCUT2D eigenvalue weighted by Gasteiger charge is 2.19. The molecule has 30 heavy (non-hydrogen) atoms. The monoisotopic (exact) mass is 475 g/mol. The number of nitrogens with zero attached hydrogens (tertiary/aromatic N) is 4. The molecule has 12 nitrogen and oxygen atoms in total. The molecule has 0 radical (unpaired) electrons. The van der Waals surface area contributed by atoms with Gasteiger partial charge >= 0.3 is 5.69 Å². The van der Waals surface area contributed by atoms with Crippen molar-refractivity contribution in [1.29, 1.82) is 0 Å². The van der Waals surface area contributed by atoms with Crippen LogP contribution in [-0.2, 0) is 0 Å². The SMILES string of the molecule is O=[N+]([O-])c1ccc(-c2ccc(/C=N\Nc3ccc([N+](=O)[O-])cc3[N+](=O)[O-])o2)c(Br)c1. The molecule has 0 spiro atoms. The molecule has 13 heteroatoms. The lowest BCUT2D eigenvalue weighted by atomic mass is 10.1. The number of benzene rings is 2. The summed E-state index contributed by atoms with van der Waals surface area (Å²) in [6.45, 7) is 0. The first-order valence-electron chi connectivity index (χ1n) is 8.02. The van der Waals surface area contributed by atoms with Crippen molar-refractivity contribution in [3.63, 3.8) is 0 Å². The maximum Gasteiger partial charge on any atom is 0.301 e. The highest BCUT2D eigenvalue weighted by atomic mass is 79.9. The van der Waals surface area contributed by atoms with Gasteiger partial charge in [0.15, 0.2) is 0 Å². The van der Waals surface area contributed by atoms with E-state index >= 15 is 0 Å². The Kier molecular flexibility index (Phi) is 5.83. The van der Waals surface area contributed by atoms with Crippen molar-refractivity contribution >= 4 is 44.9 Å². The van der Waals surface area contributed by atoms with Crippen LogP contribution in [0.15, 0.2) is 62.5 Å². The van der Waals surface area contributed by atoms with Crippen LogP contribution in [0.4, 0.5) is 22.7 Å². The van der Waals surface area contributed by atoms with Crippen LogP contribution in [-0.4, -0.2) is 21.0 Å². The van der Waals surface area contributed by atoms with Crippen LogP contribution < -0.4 is 5.43 Å². The van der Waals surface area contributed by atoms with Crippen molar-refractivity contribution in [2.24, 2.45) is 5.10 Å². The molecule has 0 unspecified atom stereocenters. The fraction of sp³-hybridized carbons (Fsp3) is 0. The number of anilines is 1. The van der Waals surface area contributed by atoms with Crippen LogP contribution in [0.1, 0.15) is 5.76 Å². The number of hydrogen-bond donors (Lipinski definition) is 1. The van der Waals surface area contributed by atoms with Gasteiger partial charge < -0.3 is 4.42 Å². The molecule has 0 fully saturated rings. The molecule has 0 aliphatic heterocycles. The maximum absolute atomic E-state index is 11.1. The van der Waals surface area contributed by atoms with Crippen LogP contribution in [0.2, 0.25) is 0 Å². The Bertz CT molecular complexity index is 1190. The summed E-state index contributed by atoms with van der Waals surface area (Å²) in [6, 6.07) is 10.5. The molecule has 0 saturated heterocycles. The Morgan fingerprint density at radius 1 is 0.900 bits per heavy atom. The van der Waals surface area contributed by atoms with Gasteiger partial charge in [0.05, 0.1) is 27.1 Å². The quantitative estimate of drug-likeness (QED) is 0.286. The van der Waals surface area contributed by atoms with Gasteiger partial charge in [0.1, 0.15) is 17.2 Å². The zero-order valence-electron chi connectivity index (χ0n) is 14.7. The van der Waals surface area contributed by atoms with Gasteiger partial charge in [0, 0.05) is 28.2 Å². The van der Waals surface area contributed by atoms with E-state index < -0.39 is 26.1 Å². The highest BCUT2D eigenvalue weighted by Crippen LogP contribution is 2.32. The predicted molar refractivity (Wildman–Crippen MR) is 109 cm³/mol. The average Bonchev–Trinajstić information content (AvgIpc) is 3.16. The molecular formula is C17H10BrN5O7. The smallest absolute Gasteiger partial charge is 0.301 e. The van der Waals surface area contributed by atoms with Gasteiger partial charge in [0.2, 0.25) is 0 Å². The molecule has 0 aliphatic carbocycles. The largest absolute Gasteiger partial charge is 0.455 e. The number of non-ortho nitro benzene ring substituents is 2. The molecule has 152 valence electrons. The molecule has 3 rings (SSSR count). The number of nitrogens with one attached hydrogen (secondary N) is 1. The number of hydrazone groups is 1. The Hall–Kier alpha value is -4.13. The summed E-state index contributed by atoms with van der Waals surface area (Å²) in [7, 11) is 0.